The Morgan fingerprint density at radius 1 is 1.23 bits per heavy atom. The summed E-state index contributed by atoms with van der Waals surface area (Å²) >= 11 is 0. The minimum atomic E-state index is -0.974. The van der Waals surface area contributed by atoms with Crippen LogP contribution in [-0.2, 0) is 20.9 Å². The lowest BCUT2D eigenvalue weighted by atomic mass is 9.96. The van der Waals surface area contributed by atoms with Crippen LogP contribution in [0.1, 0.15) is 44.6 Å². The number of carbonyl (C=O) groups is 2. The molecule has 1 atom stereocenters. The average Bonchev–Trinajstić information content (AvgIpc) is 3.02. The van der Waals surface area contributed by atoms with Crippen molar-refractivity contribution >= 4 is 11.9 Å². The van der Waals surface area contributed by atoms with Crippen LogP contribution >= 0.6 is 0 Å². The Hall–Kier alpha value is -1.92. The summed E-state index contributed by atoms with van der Waals surface area (Å²) in [4.78, 5) is 28.3. The molecule has 0 radical (unpaired) electrons. The third-order valence-corrected chi connectivity index (χ3v) is 5.44. The van der Waals surface area contributed by atoms with Gasteiger partial charge >= 0.3 is 5.97 Å². The van der Waals surface area contributed by atoms with Gasteiger partial charge in [0, 0.05) is 38.9 Å². The summed E-state index contributed by atoms with van der Waals surface area (Å²) in [5.41, 5.74) is 0.510. The predicted octanol–water partition coefficient (Wildman–Crippen LogP) is 2.48. The molecule has 1 aromatic carbocycles. The van der Waals surface area contributed by atoms with Gasteiger partial charge in [-0.2, -0.15) is 0 Å². The summed E-state index contributed by atoms with van der Waals surface area (Å²) in [6.07, 6.45) is 3.38. The first-order chi connectivity index (χ1) is 12.6. The van der Waals surface area contributed by atoms with Crippen LogP contribution in [0.5, 0.6) is 0 Å². The molecule has 1 aromatic rings. The number of nitrogens with zero attached hydrogens (tertiary/aromatic N) is 2. The number of ether oxygens (including phenoxy) is 1. The first-order valence-corrected chi connectivity index (χ1v) is 9.51. The zero-order valence-corrected chi connectivity index (χ0v) is 15.4. The van der Waals surface area contributed by atoms with Gasteiger partial charge in [0.05, 0.1) is 6.61 Å². The van der Waals surface area contributed by atoms with E-state index in [0.29, 0.717) is 19.3 Å². The molecular formula is C20H28N2O4. The standard InChI is InChI=1S/C20H28N2O4/c1-2-3-9-18(23)22-17(19(24)25)15-26-20(22)10-12-21(13-11-20)14-16-7-5-4-6-8-16/h4-8,17H,2-3,9-15H2,1H3,(H,24,25)/t17-/m1/s1. The number of aliphatic carboxylic acids is 1. The van der Waals surface area contributed by atoms with E-state index in [-0.39, 0.29) is 12.5 Å². The molecule has 3 rings (SSSR count). The number of carbonyl (C=O) groups excluding carboxylic acids is 1. The molecule has 142 valence electrons. The summed E-state index contributed by atoms with van der Waals surface area (Å²) in [6, 6.07) is 9.43. The van der Waals surface area contributed by atoms with E-state index in [1.165, 1.54) is 5.56 Å². The van der Waals surface area contributed by atoms with Crippen LogP contribution in [0, 0.1) is 0 Å². The van der Waals surface area contributed by atoms with Crippen LogP contribution in [0.25, 0.3) is 0 Å². The summed E-state index contributed by atoms with van der Waals surface area (Å²) in [6.45, 7) is 4.56. The number of unbranched alkanes of at least 4 members (excludes halogenated alkanes) is 1. The Balaban J connectivity index is 1.68. The molecule has 26 heavy (non-hydrogen) atoms. The van der Waals surface area contributed by atoms with Crippen molar-refractivity contribution in [2.45, 2.75) is 57.3 Å². The van der Waals surface area contributed by atoms with Crippen LogP contribution in [-0.4, -0.2) is 58.2 Å². The van der Waals surface area contributed by atoms with Crippen molar-refractivity contribution in [3.8, 4) is 0 Å². The highest BCUT2D eigenvalue weighted by Crippen LogP contribution is 2.38. The number of benzene rings is 1. The molecule has 0 aliphatic carbocycles. The Kier molecular flexibility index (Phi) is 5.94. The molecule has 0 bridgehead atoms. The van der Waals surface area contributed by atoms with Gasteiger partial charge in [0.1, 0.15) is 5.72 Å². The van der Waals surface area contributed by atoms with Gasteiger partial charge in [-0.15, -0.1) is 0 Å². The molecule has 1 spiro atoms. The van der Waals surface area contributed by atoms with Crippen LogP contribution in [0.2, 0.25) is 0 Å². The van der Waals surface area contributed by atoms with Crippen LogP contribution in [0.3, 0.4) is 0 Å². The summed E-state index contributed by atoms with van der Waals surface area (Å²) in [7, 11) is 0. The first kappa shape index (κ1) is 18.9. The predicted molar refractivity (Wildman–Crippen MR) is 97.4 cm³/mol. The van der Waals surface area contributed by atoms with Gasteiger partial charge in [-0.3, -0.25) is 14.6 Å². The molecule has 6 nitrogen and oxygen atoms in total. The molecule has 2 aliphatic rings. The van der Waals surface area contributed by atoms with Crippen molar-refractivity contribution in [2.75, 3.05) is 19.7 Å². The highest BCUT2D eigenvalue weighted by atomic mass is 16.5. The maximum Gasteiger partial charge on any atom is 0.328 e. The van der Waals surface area contributed by atoms with Crippen LogP contribution < -0.4 is 0 Å². The topological polar surface area (TPSA) is 70.1 Å². The molecular weight excluding hydrogens is 332 g/mol. The van der Waals surface area contributed by atoms with E-state index < -0.39 is 17.7 Å². The highest BCUT2D eigenvalue weighted by molar-refractivity contribution is 5.85. The molecule has 2 heterocycles. The maximum absolute atomic E-state index is 12.7. The quantitative estimate of drug-likeness (QED) is 0.844. The number of likely N-dealkylation sites (tertiary alicyclic amines) is 1. The van der Waals surface area contributed by atoms with Crippen molar-refractivity contribution in [2.24, 2.45) is 0 Å². The zero-order chi connectivity index (χ0) is 18.6. The van der Waals surface area contributed by atoms with E-state index in [1.54, 1.807) is 4.90 Å². The van der Waals surface area contributed by atoms with Gasteiger partial charge in [-0.05, 0) is 12.0 Å². The van der Waals surface area contributed by atoms with Crippen LogP contribution in [0.15, 0.2) is 30.3 Å². The lowest BCUT2D eigenvalue weighted by Crippen LogP contribution is -2.58. The molecule has 2 aliphatic heterocycles. The van der Waals surface area contributed by atoms with E-state index in [4.69, 9.17) is 4.74 Å². The molecule has 6 heteroatoms. The molecule has 1 amide bonds. The van der Waals surface area contributed by atoms with Gasteiger partial charge in [0.2, 0.25) is 5.91 Å². The lowest BCUT2D eigenvalue weighted by Gasteiger charge is -2.44. The van der Waals surface area contributed by atoms with Gasteiger partial charge in [-0.1, -0.05) is 43.7 Å². The number of carboxylic acids is 1. The molecule has 0 unspecified atom stereocenters. The van der Waals surface area contributed by atoms with E-state index in [0.717, 1.165) is 32.5 Å². The number of amides is 1. The molecule has 0 saturated carbocycles. The first-order valence-electron chi connectivity index (χ1n) is 9.51. The van der Waals surface area contributed by atoms with E-state index in [2.05, 4.69) is 17.0 Å². The monoisotopic (exact) mass is 360 g/mol. The van der Waals surface area contributed by atoms with Gasteiger partial charge < -0.3 is 9.84 Å². The average molecular weight is 360 g/mol. The van der Waals surface area contributed by atoms with Crippen molar-refractivity contribution < 1.29 is 19.4 Å². The van der Waals surface area contributed by atoms with E-state index in [1.807, 2.05) is 25.1 Å². The van der Waals surface area contributed by atoms with E-state index >= 15 is 0 Å². The van der Waals surface area contributed by atoms with Crippen molar-refractivity contribution in [3.63, 3.8) is 0 Å². The fourth-order valence-corrected chi connectivity index (χ4v) is 3.98. The number of rotatable bonds is 6. The number of carboxylic acid groups (broad SMARTS) is 1. The Morgan fingerprint density at radius 3 is 2.54 bits per heavy atom. The van der Waals surface area contributed by atoms with Crippen molar-refractivity contribution in [3.05, 3.63) is 35.9 Å². The molecule has 0 aromatic heterocycles. The Morgan fingerprint density at radius 2 is 1.92 bits per heavy atom. The summed E-state index contributed by atoms with van der Waals surface area (Å²) in [5, 5.41) is 9.53. The largest absolute Gasteiger partial charge is 0.480 e. The lowest BCUT2D eigenvalue weighted by molar-refractivity contribution is -0.166. The number of piperidine rings is 1. The number of hydrogen-bond donors (Lipinski definition) is 1. The molecule has 2 fully saturated rings. The van der Waals surface area contributed by atoms with Gasteiger partial charge in [-0.25, -0.2) is 4.79 Å². The SMILES string of the molecule is CCCCC(=O)N1[C@@H](C(=O)O)COC12CCN(Cc1ccccc1)CC2. The third kappa shape index (κ3) is 3.91. The minimum absolute atomic E-state index is 0.0892. The molecule has 1 N–H and O–H groups in total. The number of hydrogen-bond acceptors (Lipinski definition) is 4. The third-order valence-electron chi connectivity index (χ3n) is 5.44. The normalized spacial score (nSPS) is 22.7. The highest BCUT2D eigenvalue weighted by Gasteiger charge is 2.53. The summed E-state index contributed by atoms with van der Waals surface area (Å²) < 4.78 is 5.97. The molecule has 2 saturated heterocycles. The second kappa shape index (κ2) is 8.18. The second-order valence-electron chi connectivity index (χ2n) is 7.24. The van der Waals surface area contributed by atoms with E-state index in [9.17, 15) is 14.7 Å². The van der Waals surface area contributed by atoms with Gasteiger partial charge in [0.15, 0.2) is 6.04 Å². The smallest absolute Gasteiger partial charge is 0.328 e. The Bertz CT molecular complexity index is 626. The summed E-state index contributed by atoms with van der Waals surface area (Å²) in [5.74, 6) is -1.06. The Labute approximate surface area is 154 Å². The fourth-order valence-electron chi connectivity index (χ4n) is 3.98. The maximum atomic E-state index is 12.7. The van der Waals surface area contributed by atoms with Gasteiger partial charge in [0.25, 0.3) is 0 Å². The van der Waals surface area contributed by atoms with Crippen LogP contribution in [0.4, 0.5) is 0 Å². The second-order valence-corrected chi connectivity index (χ2v) is 7.24. The van der Waals surface area contributed by atoms with Crippen molar-refractivity contribution in [1.82, 2.24) is 9.80 Å². The fraction of sp³-hybridized carbons (Fsp3) is 0.600. The van der Waals surface area contributed by atoms with Crippen molar-refractivity contribution in [1.29, 1.82) is 0 Å². The minimum Gasteiger partial charge on any atom is -0.480 e. The zero-order valence-electron chi connectivity index (χ0n) is 15.4.